The van der Waals surface area contributed by atoms with Gasteiger partial charge in [-0.2, -0.15) is 13.2 Å². The van der Waals surface area contributed by atoms with Gasteiger partial charge in [0.05, 0.1) is 12.3 Å². The van der Waals surface area contributed by atoms with Crippen LogP contribution in [-0.2, 0) is 16.0 Å². The van der Waals surface area contributed by atoms with Crippen molar-refractivity contribution in [2.45, 2.75) is 38.3 Å². The number of hydrogen-bond acceptors (Lipinski definition) is 2. The average molecular weight is 329 g/mol. The molecule has 126 valence electrons. The molecule has 0 spiro atoms. The van der Waals surface area contributed by atoms with Crippen molar-refractivity contribution < 1.29 is 27.9 Å². The molecular formula is C16H18F3NO3. The van der Waals surface area contributed by atoms with E-state index in [0.717, 1.165) is 0 Å². The largest absolute Gasteiger partial charge is 0.481 e. The van der Waals surface area contributed by atoms with E-state index in [1.54, 1.807) is 12.1 Å². The lowest BCUT2D eigenvalue weighted by Gasteiger charge is -2.32. The summed E-state index contributed by atoms with van der Waals surface area (Å²) in [4.78, 5) is 22.9. The summed E-state index contributed by atoms with van der Waals surface area (Å²) in [5.74, 6) is -4.37. The molecular weight excluding hydrogens is 311 g/mol. The maximum Gasteiger partial charge on any atom is 0.392 e. The van der Waals surface area contributed by atoms with Crippen molar-refractivity contribution >= 4 is 17.6 Å². The number of nitrogens with one attached hydrogen (secondary N) is 1. The number of aliphatic carboxylic acids is 1. The van der Waals surface area contributed by atoms with E-state index < -0.39 is 29.9 Å². The Balaban J connectivity index is 2.09. The Morgan fingerprint density at radius 1 is 1.22 bits per heavy atom. The van der Waals surface area contributed by atoms with Crippen LogP contribution in [0.25, 0.3) is 0 Å². The van der Waals surface area contributed by atoms with Gasteiger partial charge in [0.25, 0.3) is 0 Å². The van der Waals surface area contributed by atoms with Crippen LogP contribution in [0.1, 0.15) is 31.2 Å². The molecule has 0 bridgehead atoms. The van der Waals surface area contributed by atoms with Crippen molar-refractivity contribution in [3.63, 3.8) is 0 Å². The first-order valence-electron chi connectivity index (χ1n) is 7.45. The zero-order valence-electron chi connectivity index (χ0n) is 12.4. The highest BCUT2D eigenvalue weighted by Crippen LogP contribution is 2.41. The van der Waals surface area contributed by atoms with Crippen LogP contribution in [0.2, 0.25) is 0 Å². The Labute approximate surface area is 131 Å². The summed E-state index contributed by atoms with van der Waals surface area (Å²) in [6.07, 6.45) is -3.33. The van der Waals surface area contributed by atoms with Crippen LogP contribution in [0.15, 0.2) is 24.3 Å². The molecule has 2 atom stereocenters. The molecule has 2 rings (SSSR count). The first-order valence-corrected chi connectivity index (χ1v) is 7.45. The number of rotatable bonds is 4. The molecule has 2 N–H and O–H groups in total. The molecule has 0 unspecified atom stereocenters. The van der Waals surface area contributed by atoms with Crippen LogP contribution in [0.3, 0.4) is 0 Å². The van der Waals surface area contributed by atoms with Crippen LogP contribution in [0.4, 0.5) is 18.9 Å². The molecule has 4 nitrogen and oxygen atoms in total. The minimum absolute atomic E-state index is 0.0271. The Hall–Kier alpha value is -2.05. The first-order chi connectivity index (χ1) is 10.8. The number of carboxylic acids is 1. The number of carboxylic acid groups (broad SMARTS) is 1. The van der Waals surface area contributed by atoms with Crippen LogP contribution < -0.4 is 5.32 Å². The van der Waals surface area contributed by atoms with Crippen LogP contribution in [-0.4, -0.2) is 23.2 Å². The van der Waals surface area contributed by atoms with E-state index in [0.29, 0.717) is 24.1 Å². The second-order valence-corrected chi connectivity index (χ2v) is 5.80. The van der Waals surface area contributed by atoms with Crippen LogP contribution in [0.5, 0.6) is 0 Å². The van der Waals surface area contributed by atoms with Crippen LogP contribution >= 0.6 is 0 Å². The minimum Gasteiger partial charge on any atom is -0.481 e. The molecule has 0 heterocycles. The summed E-state index contributed by atoms with van der Waals surface area (Å²) in [7, 11) is 0. The molecule has 1 aromatic rings. The summed E-state index contributed by atoms with van der Waals surface area (Å²) in [5.41, 5.74) is 0.798. The van der Waals surface area contributed by atoms with Crippen molar-refractivity contribution in [2.24, 2.45) is 11.8 Å². The van der Waals surface area contributed by atoms with Gasteiger partial charge in [-0.05, 0) is 30.5 Å². The third-order valence-corrected chi connectivity index (χ3v) is 4.07. The van der Waals surface area contributed by atoms with E-state index in [2.05, 4.69) is 5.32 Å². The van der Waals surface area contributed by atoms with Gasteiger partial charge in [-0.25, -0.2) is 0 Å². The average Bonchev–Trinajstić information content (AvgIpc) is 2.46. The minimum atomic E-state index is -4.38. The fraction of sp³-hybridized carbons (Fsp3) is 0.500. The number of halogens is 3. The molecule has 1 aliphatic carbocycles. The SMILES string of the molecule is O=C(O)Cc1cccc(NC(=O)[C@@H]2CCCC[C@@H]2C(F)(F)F)c1. The van der Waals surface area contributed by atoms with E-state index in [1.165, 1.54) is 12.1 Å². The van der Waals surface area contributed by atoms with Gasteiger partial charge in [0, 0.05) is 11.6 Å². The number of anilines is 1. The van der Waals surface area contributed by atoms with Crippen molar-refractivity contribution in [3.8, 4) is 0 Å². The fourth-order valence-electron chi connectivity index (χ4n) is 3.01. The van der Waals surface area contributed by atoms with Crippen molar-refractivity contribution in [3.05, 3.63) is 29.8 Å². The summed E-state index contributed by atoms with van der Waals surface area (Å²) in [6, 6.07) is 6.16. The van der Waals surface area contributed by atoms with Crippen LogP contribution in [0, 0.1) is 11.8 Å². The van der Waals surface area contributed by atoms with Gasteiger partial charge in [-0.15, -0.1) is 0 Å². The van der Waals surface area contributed by atoms with Gasteiger partial charge < -0.3 is 10.4 Å². The molecule has 1 aromatic carbocycles. The predicted octanol–water partition coefficient (Wildman–Crippen LogP) is 3.62. The summed E-state index contributed by atoms with van der Waals surface area (Å²) in [5, 5.41) is 11.3. The quantitative estimate of drug-likeness (QED) is 0.886. The van der Waals surface area contributed by atoms with Gasteiger partial charge >= 0.3 is 12.1 Å². The van der Waals surface area contributed by atoms with E-state index in [1.807, 2.05) is 0 Å². The summed E-state index contributed by atoms with van der Waals surface area (Å²) >= 11 is 0. The zero-order valence-corrected chi connectivity index (χ0v) is 12.4. The number of alkyl halides is 3. The number of amides is 1. The van der Waals surface area contributed by atoms with E-state index >= 15 is 0 Å². The molecule has 0 saturated heterocycles. The second kappa shape index (κ2) is 7.02. The Morgan fingerprint density at radius 2 is 1.91 bits per heavy atom. The second-order valence-electron chi connectivity index (χ2n) is 5.80. The molecule has 0 radical (unpaired) electrons. The predicted molar refractivity (Wildman–Crippen MR) is 77.9 cm³/mol. The van der Waals surface area contributed by atoms with Gasteiger partial charge in [-0.3, -0.25) is 9.59 Å². The van der Waals surface area contributed by atoms with Crippen molar-refractivity contribution in [2.75, 3.05) is 5.32 Å². The third-order valence-electron chi connectivity index (χ3n) is 4.07. The Bertz CT molecular complexity index is 586. The Kier molecular flexibility index (Phi) is 5.28. The normalized spacial score (nSPS) is 21.7. The highest BCUT2D eigenvalue weighted by molar-refractivity contribution is 5.93. The molecule has 1 aliphatic rings. The first kappa shape index (κ1) is 17.3. The number of benzene rings is 1. The van der Waals surface area contributed by atoms with E-state index in [4.69, 9.17) is 5.11 Å². The number of carbonyl (C=O) groups excluding carboxylic acids is 1. The Morgan fingerprint density at radius 3 is 2.57 bits per heavy atom. The molecule has 23 heavy (non-hydrogen) atoms. The lowest BCUT2D eigenvalue weighted by Crippen LogP contribution is -2.39. The lowest BCUT2D eigenvalue weighted by molar-refractivity contribution is -0.197. The maximum atomic E-state index is 13.1. The molecule has 0 aromatic heterocycles. The molecule has 1 saturated carbocycles. The standard InChI is InChI=1S/C16H18F3NO3/c17-16(18,19)13-7-2-1-6-12(13)15(23)20-11-5-3-4-10(8-11)9-14(21)22/h3-5,8,12-13H,1-2,6-7,9H2,(H,20,23)(H,21,22)/t12-,13+/m1/s1. The molecule has 1 amide bonds. The van der Waals surface area contributed by atoms with E-state index in [9.17, 15) is 22.8 Å². The highest BCUT2D eigenvalue weighted by Gasteiger charge is 2.48. The maximum absolute atomic E-state index is 13.1. The van der Waals surface area contributed by atoms with Crippen molar-refractivity contribution in [1.82, 2.24) is 0 Å². The third kappa shape index (κ3) is 4.71. The fourth-order valence-corrected chi connectivity index (χ4v) is 3.01. The smallest absolute Gasteiger partial charge is 0.392 e. The molecule has 1 fully saturated rings. The molecule has 0 aliphatic heterocycles. The number of hydrogen-bond donors (Lipinski definition) is 2. The van der Waals surface area contributed by atoms with E-state index in [-0.39, 0.29) is 19.3 Å². The van der Waals surface area contributed by atoms with Crippen molar-refractivity contribution in [1.29, 1.82) is 0 Å². The summed E-state index contributed by atoms with van der Waals surface area (Å²) in [6.45, 7) is 0. The zero-order chi connectivity index (χ0) is 17.0. The van der Waals surface area contributed by atoms with Gasteiger partial charge in [0.1, 0.15) is 0 Å². The monoisotopic (exact) mass is 329 g/mol. The number of carbonyl (C=O) groups is 2. The van der Waals surface area contributed by atoms with Gasteiger partial charge in [-0.1, -0.05) is 25.0 Å². The summed E-state index contributed by atoms with van der Waals surface area (Å²) < 4.78 is 39.2. The van der Waals surface area contributed by atoms with Gasteiger partial charge in [0.2, 0.25) is 5.91 Å². The lowest BCUT2D eigenvalue weighted by atomic mass is 9.78. The topological polar surface area (TPSA) is 66.4 Å². The highest BCUT2D eigenvalue weighted by atomic mass is 19.4. The molecule has 7 heteroatoms. The van der Waals surface area contributed by atoms with Gasteiger partial charge in [0.15, 0.2) is 0 Å².